The zero-order valence-corrected chi connectivity index (χ0v) is 9.33. The van der Waals surface area contributed by atoms with Crippen LogP contribution in [0.25, 0.3) is 0 Å². The van der Waals surface area contributed by atoms with Gasteiger partial charge in [-0.25, -0.2) is 4.72 Å². The number of nitrogens with one attached hydrogen (secondary N) is 2. The van der Waals surface area contributed by atoms with E-state index < -0.39 is 10.2 Å². The molecule has 0 amide bonds. The Bertz CT molecular complexity index is 261. The van der Waals surface area contributed by atoms with Gasteiger partial charge in [0.15, 0.2) is 0 Å². The van der Waals surface area contributed by atoms with Crippen molar-refractivity contribution in [2.45, 2.75) is 26.3 Å². The van der Waals surface area contributed by atoms with E-state index in [1.807, 2.05) is 0 Å². The molecule has 13 heavy (non-hydrogen) atoms. The molecule has 0 radical (unpaired) electrons. The lowest BCUT2D eigenvalue weighted by molar-refractivity contribution is 0.556. The molecule has 0 saturated heterocycles. The second-order valence-electron chi connectivity index (χ2n) is 2.89. The van der Waals surface area contributed by atoms with Gasteiger partial charge in [-0.1, -0.05) is 12.2 Å². The van der Waals surface area contributed by atoms with Crippen LogP contribution >= 0.6 is 12.2 Å². The van der Waals surface area contributed by atoms with Crippen molar-refractivity contribution < 1.29 is 8.42 Å². The molecule has 0 aliphatic heterocycles. The summed E-state index contributed by atoms with van der Waals surface area (Å²) in [5.74, 6) is 0. The number of nitrogens with two attached hydrogens (primary N) is 1. The Morgan fingerprint density at radius 2 is 2.08 bits per heavy atom. The van der Waals surface area contributed by atoms with E-state index >= 15 is 0 Å². The molecular formula is C6H15N3O2S2. The summed E-state index contributed by atoms with van der Waals surface area (Å²) >= 11 is 4.59. The van der Waals surface area contributed by atoms with Gasteiger partial charge in [-0.2, -0.15) is 13.1 Å². The maximum absolute atomic E-state index is 11.1. The van der Waals surface area contributed by atoms with Crippen molar-refractivity contribution in [3.63, 3.8) is 0 Å². The maximum Gasteiger partial charge on any atom is 0.277 e. The Balaban J connectivity index is 3.84. The van der Waals surface area contributed by atoms with Crippen LogP contribution in [0.3, 0.4) is 0 Å². The predicted octanol–water partition coefficient (Wildman–Crippen LogP) is -0.505. The Morgan fingerprint density at radius 1 is 1.54 bits per heavy atom. The van der Waals surface area contributed by atoms with Crippen LogP contribution in [-0.4, -0.2) is 26.0 Å². The molecule has 0 bridgehead atoms. The van der Waals surface area contributed by atoms with Crippen LogP contribution in [0.5, 0.6) is 0 Å². The summed E-state index contributed by atoms with van der Waals surface area (Å²) in [5, 5.41) is 0. The Kier molecular flexibility index (Phi) is 5.38. The van der Waals surface area contributed by atoms with E-state index in [4.69, 9.17) is 5.73 Å². The molecule has 0 spiro atoms. The normalized spacial score (nSPS) is 11.9. The van der Waals surface area contributed by atoms with Crippen molar-refractivity contribution in [2.75, 3.05) is 6.54 Å². The van der Waals surface area contributed by atoms with E-state index in [0.717, 1.165) is 0 Å². The minimum Gasteiger partial charge on any atom is -0.393 e. The van der Waals surface area contributed by atoms with Crippen LogP contribution < -0.4 is 15.2 Å². The quantitative estimate of drug-likeness (QED) is 0.532. The highest BCUT2D eigenvalue weighted by Crippen LogP contribution is 1.84. The van der Waals surface area contributed by atoms with Gasteiger partial charge in [-0.15, -0.1) is 0 Å². The standard InChI is InChI=1S/C6H15N3O2S2/c1-5(2)9-13(10,11)8-4-3-6(7)12/h5,8-9H,3-4H2,1-2H3,(H2,7,12). The molecule has 0 aliphatic carbocycles. The fourth-order valence-electron chi connectivity index (χ4n) is 0.661. The van der Waals surface area contributed by atoms with E-state index in [9.17, 15) is 8.42 Å². The molecule has 0 aliphatic rings. The summed E-state index contributed by atoms with van der Waals surface area (Å²) in [6.07, 6.45) is 0.369. The molecular weight excluding hydrogens is 210 g/mol. The summed E-state index contributed by atoms with van der Waals surface area (Å²) in [5.41, 5.74) is 5.20. The molecule has 0 unspecified atom stereocenters. The first-order chi connectivity index (χ1) is 5.83. The third-order valence-electron chi connectivity index (χ3n) is 1.05. The summed E-state index contributed by atoms with van der Waals surface area (Å²) < 4.78 is 26.9. The van der Waals surface area contributed by atoms with Crippen molar-refractivity contribution in [1.82, 2.24) is 9.44 Å². The minimum absolute atomic E-state index is 0.123. The maximum atomic E-state index is 11.1. The second kappa shape index (κ2) is 5.48. The van der Waals surface area contributed by atoms with E-state index in [1.54, 1.807) is 13.8 Å². The van der Waals surface area contributed by atoms with E-state index in [-0.39, 0.29) is 12.6 Å². The molecule has 4 N–H and O–H groups in total. The lowest BCUT2D eigenvalue weighted by Gasteiger charge is -2.09. The van der Waals surface area contributed by atoms with Gasteiger partial charge in [0.05, 0.1) is 4.99 Å². The molecule has 78 valence electrons. The van der Waals surface area contributed by atoms with Crippen molar-refractivity contribution in [3.8, 4) is 0 Å². The highest BCUT2D eigenvalue weighted by molar-refractivity contribution is 7.87. The second-order valence-corrected chi connectivity index (χ2v) is 4.94. The van der Waals surface area contributed by atoms with Crippen LogP contribution in [0, 0.1) is 0 Å². The summed E-state index contributed by atoms with van der Waals surface area (Å²) in [6, 6.07) is -0.123. The average molecular weight is 225 g/mol. The van der Waals surface area contributed by atoms with Crippen LogP contribution in [0.1, 0.15) is 20.3 Å². The van der Waals surface area contributed by atoms with Gasteiger partial charge in [0, 0.05) is 19.0 Å². The van der Waals surface area contributed by atoms with Gasteiger partial charge in [-0.3, -0.25) is 0 Å². The SMILES string of the molecule is CC(C)NS(=O)(=O)NCCC(N)=S. The molecule has 7 heteroatoms. The fourth-order valence-corrected chi connectivity index (χ4v) is 1.84. The fraction of sp³-hybridized carbons (Fsp3) is 0.833. The Morgan fingerprint density at radius 3 is 2.46 bits per heavy atom. The zero-order chi connectivity index (χ0) is 10.5. The number of thiocarbonyl (C=S) groups is 1. The van der Waals surface area contributed by atoms with Crippen LogP contribution in [0.4, 0.5) is 0 Å². The average Bonchev–Trinajstić information content (AvgIpc) is 1.81. The summed E-state index contributed by atoms with van der Waals surface area (Å²) in [7, 11) is -3.39. The molecule has 0 aromatic carbocycles. The minimum atomic E-state index is -3.39. The van der Waals surface area contributed by atoms with Gasteiger partial charge in [0.2, 0.25) is 0 Å². The first kappa shape index (κ1) is 12.8. The van der Waals surface area contributed by atoms with E-state index in [0.29, 0.717) is 11.4 Å². The van der Waals surface area contributed by atoms with Crippen molar-refractivity contribution in [3.05, 3.63) is 0 Å². The summed E-state index contributed by atoms with van der Waals surface area (Å²) in [6.45, 7) is 3.72. The van der Waals surface area contributed by atoms with Crippen molar-refractivity contribution in [2.24, 2.45) is 5.73 Å². The molecule has 0 rings (SSSR count). The highest BCUT2D eigenvalue weighted by Gasteiger charge is 2.09. The molecule has 0 atom stereocenters. The van der Waals surface area contributed by atoms with Crippen LogP contribution in [0.2, 0.25) is 0 Å². The third-order valence-corrected chi connectivity index (χ3v) is 2.62. The monoisotopic (exact) mass is 225 g/mol. The molecule has 0 saturated carbocycles. The molecule has 0 aromatic rings. The van der Waals surface area contributed by atoms with E-state index in [1.165, 1.54) is 0 Å². The van der Waals surface area contributed by atoms with E-state index in [2.05, 4.69) is 21.7 Å². The lowest BCUT2D eigenvalue weighted by atomic mass is 10.4. The number of hydrogen-bond donors (Lipinski definition) is 3. The Labute approximate surface area is 84.3 Å². The molecule has 0 heterocycles. The number of hydrogen-bond acceptors (Lipinski definition) is 3. The van der Waals surface area contributed by atoms with Gasteiger partial charge in [-0.05, 0) is 13.8 Å². The van der Waals surface area contributed by atoms with Gasteiger partial charge >= 0.3 is 0 Å². The zero-order valence-electron chi connectivity index (χ0n) is 7.70. The largest absolute Gasteiger partial charge is 0.393 e. The van der Waals surface area contributed by atoms with Crippen molar-refractivity contribution >= 4 is 27.4 Å². The smallest absolute Gasteiger partial charge is 0.277 e. The molecule has 5 nitrogen and oxygen atoms in total. The van der Waals surface area contributed by atoms with Gasteiger partial charge in [0.1, 0.15) is 0 Å². The Hall–Kier alpha value is -0.240. The lowest BCUT2D eigenvalue weighted by Crippen LogP contribution is -2.41. The first-order valence-corrected chi connectivity index (χ1v) is 5.78. The van der Waals surface area contributed by atoms with Crippen molar-refractivity contribution in [1.29, 1.82) is 0 Å². The molecule has 0 fully saturated rings. The first-order valence-electron chi connectivity index (χ1n) is 3.88. The van der Waals surface area contributed by atoms with Gasteiger partial charge < -0.3 is 5.73 Å². The van der Waals surface area contributed by atoms with Crippen LogP contribution in [0.15, 0.2) is 0 Å². The third kappa shape index (κ3) is 8.10. The predicted molar refractivity (Wildman–Crippen MR) is 56.6 cm³/mol. The van der Waals surface area contributed by atoms with Gasteiger partial charge in [0.25, 0.3) is 10.2 Å². The molecule has 0 aromatic heterocycles. The van der Waals surface area contributed by atoms with Crippen LogP contribution in [-0.2, 0) is 10.2 Å². The summed E-state index contributed by atoms with van der Waals surface area (Å²) in [4.78, 5) is 0.298. The highest BCUT2D eigenvalue weighted by atomic mass is 32.2. The topological polar surface area (TPSA) is 84.2 Å². The number of rotatable bonds is 6.